The first-order valence-electron chi connectivity index (χ1n) is 5.32. The van der Waals surface area contributed by atoms with Crippen LogP contribution in [0.5, 0.6) is 0 Å². The van der Waals surface area contributed by atoms with Crippen molar-refractivity contribution in [1.82, 2.24) is 0 Å². The molecule has 0 heterocycles. The summed E-state index contributed by atoms with van der Waals surface area (Å²) in [6.45, 7) is 0. The minimum absolute atomic E-state index is 0.0713. The van der Waals surface area contributed by atoms with Gasteiger partial charge in [-0.2, -0.15) is 0 Å². The Balaban J connectivity index is 2.42. The van der Waals surface area contributed by atoms with E-state index in [0.29, 0.717) is 11.1 Å². The molecule has 0 radical (unpaired) electrons. The Hall–Kier alpha value is -1.40. The minimum Gasteiger partial charge on any atom is -0.478 e. The van der Waals surface area contributed by atoms with E-state index in [9.17, 15) is 9.59 Å². The third kappa shape index (κ3) is 3.13. The lowest BCUT2D eigenvalue weighted by atomic mass is 10.0. The van der Waals surface area contributed by atoms with Crippen LogP contribution in [0.4, 0.5) is 0 Å². The number of hydrogen-bond donors (Lipinski definition) is 1. The molecule has 0 fully saturated rings. The van der Waals surface area contributed by atoms with E-state index in [1.54, 1.807) is 12.1 Å². The summed E-state index contributed by atoms with van der Waals surface area (Å²) in [7, 11) is 0. The molecular formula is C14H8ClIO3. The predicted octanol–water partition coefficient (Wildman–Crippen LogP) is 3.87. The maximum atomic E-state index is 12.2. The first-order valence-corrected chi connectivity index (χ1v) is 6.78. The molecule has 0 spiro atoms. The summed E-state index contributed by atoms with van der Waals surface area (Å²) in [6, 6.07) is 11.3. The van der Waals surface area contributed by atoms with Gasteiger partial charge in [-0.3, -0.25) is 4.79 Å². The largest absolute Gasteiger partial charge is 0.478 e. The third-order valence-electron chi connectivity index (χ3n) is 2.57. The molecule has 0 unspecified atom stereocenters. The van der Waals surface area contributed by atoms with Crippen LogP contribution in [0.15, 0.2) is 42.5 Å². The number of aromatic carboxylic acids is 1. The Labute approximate surface area is 128 Å². The van der Waals surface area contributed by atoms with Crippen LogP contribution in [0.2, 0.25) is 5.02 Å². The van der Waals surface area contributed by atoms with Gasteiger partial charge in [0.05, 0.1) is 10.6 Å². The fraction of sp³-hybridized carbons (Fsp3) is 0. The van der Waals surface area contributed by atoms with Crippen molar-refractivity contribution in [2.24, 2.45) is 0 Å². The van der Waals surface area contributed by atoms with E-state index in [1.165, 1.54) is 18.2 Å². The second-order valence-electron chi connectivity index (χ2n) is 3.84. The van der Waals surface area contributed by atoms with Crippen molar-refractivity contribution in [3.63, 3.8) is 0 Å². The SMILES string of the molecule is O=C(c1ccc(I)cc1)c1ccc(Cl)c(C(=O)O)c1. The number of hydrogen-bond acceptors (Lipinski definition) is 2. The van der Waals surface area contributed by atoms with Crippen LogP contribution in [0, 0.1) is 3.57 Å². The van der Waals surface area contributed by atoms with Crippen LogP contribution in [-0.4, -0.2) is 16.9 Å². The van der Waals surface area contributed by atoms with Crippen molar-refractivity contribution in [1.29, 1.82) is 0 Å². The zero-order chi connectivity index (χ0) is 14.0. The Morgan fingerprint density at radius 1 is 1.00 bits per heavy atom. The lowest BCUT2D eigenvalue weighted by molar-refractivity contribution is 0.0697. The quantitative estimate of drug-likeness (QED) is 0.643. The van der Waals surface area contributed by atoms with Crippen LogP contribution in [0.1, 0.15) is 26.3 Å². The lowest BCUT2D eigenvalue weighted by Gasteiger charge is -2.04. The normalized spacial score (nSPS) is 10.2. The molecule has 0 amide bonds. The van der Waals surface area contributed by atoms with Crippen molar-refractivity contribution in [3.05, 3.63) is 67.7 Å². The van der Waals surface area contributed by atoms with Gasteiger partial charge in [0.15, 0.2) is 5.78 Å². The van der Waals surface area contributed by atoms with Gasteiger partial charge in [-0.15, -0.1) is 0 Å². The van der Waals surface area contributed by atoms with E-state index in [0.717, 1.165) is 3.57 Å². The Morgan fingerprint density at radius 2 is 1.58 bits per heavy atom. The lowest BCUT2D eigenvalue weighted by Crippen LogP contribution is -2.05. The summed E-state index contributed by atoms with van der Waals surface area (Å²) in [5, 5.41) is 9.10. The van der Waals surface area contributed by atoms with Gasteiger partial charge in [-0.25, -0.2) is 4.79 Å². The van der Waals surface area contributed by atoms with Gasteiger partial charge >= 0.3 is 5.97 Å². The molecule has 5 heteroatoms. The first-order chi connectivity index (χ1) is 8.99. The third-order valence-corrected chi connectivity index (χ3v) is 3.61. The number of carbonyl (C=O) groups excluding carboxylic acids is 1. The summed E-state index contributed by atoms with van der Waals surface area (Å²) in [6.07, 6.45) is 0. The fourth-order valence-corrected chi connectivity index (χ4v) is 2.16. The monoisotopic (exact) mass is 386 g/mol. The summed E-state index contributed by atoms with van der Waals surface area (Å²) >= 11 is 7.92. The van der Waals surface area contributed by atoms with Gasteiger partial charge in [0, 0.05) is 14.7 Å². The first kappa shape index (κ1) is 14.0. The van der Waals surface area contributed by atoms with Crippen molar-refractivity contribution in [2.45, 2.75) is 0 Å². The fourth-order valence-electron chi connectivity index (χ4n) is 1.60. The van der Waals surface area contributed by atoms with E-state index in [4.69, 9.17) is 16.7 Å². The Bertz CT molecular complexity index is 650. The maximum absolute atomic E-state index is 12.2. The Kier molecular flexibility index (Phi) is 4.21. The van der Waals surface area contributed by atoms with Gasteiger partial charge < -0.3 is 5.11 Å². The second-order valence-corrected chi connectivity index (χ2v) is 5.49. The number of rotatable bonds is 3. The molecule has 19 heavy (non-hydrogen) atoms. The molecular weight excluding hydrogens is 379 g/mol. The summed E-state index contributed by atoms with van der Waals surface area (Å²) < 4.78 is 1.02. The van der Waals surface area contributed by atoms with Gasteiger partial charge in [0.1, 0.15) is 0 Å². The molecule has 96 valence electrons. The highest BCUT2D eigenvalue weighted by Crippen LogP contribution is 2.20. The topological polar surface area (TPSA) is 54.4 Å². The van der Waals surface area contributed by atoms with Crippen LogP contribution >= 0.6 is 34.2 Å². The molecule has 0 saturated carbocycles. The van der Waals surface area contributed by atoms with E-state index >= 15 is 0 Å². The van der Waals surface area contributed by atoms with E-state index in [1.807, 2.05) is 12.1 Å². The highest BCUT2D eigenvalue weighted by Gasteiger charge is 2.14. The summed E-state index contributed by atoms with van der Waals surface area (Å²) in [5.74, 6) is -1.38. The molecule has 0 aliphatic rings. The molecule has 0 aromatic heterocycles. The van der Waals surface area contributed by atoms with Crippen LogP contribution < -0.4 is 0 Å². The molecule has 0 atom stereocenters. The van der Waals surface area contributed by atoms with E-state index in [-0.39, 0.29) is 16.4 Å². The Morgan fingerprint density at radius 3 is 2.16 bits per heavy atom. The number of halogens is 2. The molecule has 1 N–H and O–H groups in total. The van der Waals surface area contributed by atoms with Gasteiger partial charge in [-0.05, 0) is 65.1 Å². The number of benzene rings is 2. The van der Waals surface area contributed by atoms with Crippen LogP contribution in [-0.2, 0) is 0 Å². The number of carboxylic acid groups (broad SMARTS) is 1. The average molecular weight is 387 g/mol. The highest BCUT2D eigenvalue weighted by atomic mass is 127. The number of carbonyl (C=O) groups is 2. The van der Waals surface area contributed by atoms with E-state index in [2.05, 4.69) is 22.6 Å². The van der Waals surface area contributed by atoms with Crippen molar-refractivity contribution in [2.75, 3.05) is 0 Å². The maximum Gasteiger partial charge on any atom is 0.337 e. The van der Waals surface area contributed by atoms with Crippen molar-refractivity contribution >= 4 is 45.9 Å². The van der Waals surface area contributed by atoms with Crippen molar-refractivity contribution in [3.8, 4) is 0 Å². The van der Waals surface area contributed by atoms with Crippen molar-refractivity contribution < 1.29 is 14.7 Å². The zero-order valence-electron chi connectivity index (χ0n) is 9.56. The summed E-state index contributed by atoms with van der Waals surface area (Å²) in [4.78, 5) is 23.2. The number of ketones is 1. The molecule has 0 aliphatic heterocycles. The zero-order valence-corrected chi connectivity index (χ0v) is 12.5. The molecule has 0 saturated heterocycles. The molecule has 2 aromatic rings. The molecule has 2 rings (SSSR count). The van der Waals surface area contributed by atoms with E-state index < -0.39 is 5.97 Å². The highest BCUT2D eigenvalue weighted by molar-refractivity contribution is 14.1. The van der Waals surface area contributed by atoms with Crippen LogP contribution in [0.25, 0.3) is 0 Å². The average Bonchev–Trinajstić information content (AvgIpc) is 2.39. The van der Waals surface area contributed by atoms with Gasteiger partial charge in [-0.1, -0.05) is 11.6 Å². The minimum atomic E-state index is -1.15. The molecule has 0 bridgehead atoms. The van der Waals surface area contributed by atoms with Gasteiger partial charge in [0.2, 0.25) is 0 Å². The van der Waals surface area contributed by atoms with Gasteiger partial charge in [0.25, 0.3) is 0 Å². The second kappa shape index (κ2) is 5.71. The standard InChI is InChI=1S/C14H8ClIO3/c15-12-6-3-9(7-11(12)14(18)19)13(17)8-1-4-10(16)5-2-8/h1-7H,(H,18,19). The summed E-state index contributed by atoms with van der Waals surface area (Å²) in [5.41, 5.74) is 0.750. The predicted molar refractivity (Wildman–Crippen MR) is 81.0 cm³/mol. The molecule has 0 aliphatic carbocycles. The smallest absolute Gasteiger partial charge is 0.337 e. The number of carboxylic acids is 1. The molecule has 3 nitrogen and oxygen atoms in total. The van der Waals surface area contributed by atoms with Crippen LogP contribution in [0.3, 0.4) is 0 Å². The molecule has 2 aromatic carbocycles.